The molecular weight excluding hydrogens is 268 g/mol. The van der Waals surface area contributed by atoms with Crippen LogP contribution in [0.1, 0.15) is 28.9 Å². The SMILES string of the molecule is O=C(NC(Cc1ccccn1)C1CC(O)C1)c1cn[nH]c1. The molecule has 21 heavy (non-hydrogen) atoms. The van der Waals surface area contributed by atoms with E-state index in [4.69, 9.17) is 0 Å². The Hall–Kier alpha value is -2.21. The molecule has 0 saturated heterocycles. The summed E-state index contributed by atoms with van der Waals surface area (Å²) >= 11 is 0. The predicted molar refractivity (Wildman–Crippen MR) is 76.5 cm³/mol. The molecule has 2 aromatic heterocycles. The van der Waals surface area contributed by atoms with Crippen molar-refractivity contribution in [1.82, 2.24) is 20.5 Å². The summed E-state index contributed by atoms with van der Waals surface area (Å²) in [7, 11) is 0. The minimum absolute atomic E-state index is 0.0225. The number of nitrogens with one attached hydrogen (secondary N) is 2. The third-order valence-corrected chi connectivity index (χ3v) is 3.95. The molecule has 6 heteroatoms. The molecule has 110 valence electrons. The van der Waals surface area contributed by atoms with Crippen molar-refractivity contribution in [3.05, 3.63) is 48.0 Å². The van der Waals surface area contributed by atoms with E-state index in [1.807, 2.05) is 18.2 Å². The first-order valence-corrected chi connectivity index (χ1v) is 7.10. The number of aromatic nitrogens is 3. The summed E-state index contributed by atoms with van der Waals surface area (Å²) in [5.41, 5.74) is 1.46. The fourth-order valence-corrected chi connectivity index (χ4v) is 2.66. The van der Waals surface area contributed by atoms with Crippen LogP contribution in [0.15, 0.2) is 36.8 Å². The summed E-state index contributed by atoms with van der Waals surface area (Å²) in [5, 5.41) is 19.0. The van der Waals surface area contributed by atoms with Crippen molar-refractivity contribution in [2.24, 2.45) is 5.92 Å². The molecule has 3 rings (SSSR count). The number of hydrogen-bond donors (Lipinski definition) is 3. The zero-order chi connectivity index (χ0) is 14.7. The quantitative estimate of drug-likeness (QED) is 0.762. The third kappa shape index (κ3) is 3.28. The summed E-state index contributed by atoms with van der Waals surface area (Å²) in [4.78, 5) is 16.5. The van der Waals surface area contributed by atoms with E-state index in [0.717, 1.165) is 18.5 Å². The Kier molecular flexibility index (Phi) is 3.96. The zero-order valence-electron chi connectivity index (χ0n) is 11.6. The van der Waals surface area contributed by atoms with Crippen LogP contribution in [0, 0.1) is 5.92 Å². The molecular formula is C15H18N4O2. The lowest BCUT2D eigenvalue weighted by Gasteiger charge is -2.38. The third-order valence-electron chi connectivity index (χ3n) is 3.95. The number of amides is 1. The largest absolute Gasteiger partial charge is 0.393 e. The average molecular weight is 286 g/mol. The summed E-state index contributed by atoms with van der Waals surface area (Å²) < 4.78 is 0. The van der Waals surface area contributed by atoms with E-state index in [2.05, 4.69) is 20.5 Å². The molecule has 0 bridgehead atoms. The Balaban J connectivity index is 1.69. The lowest BCUT2D eigenvalue weighted by atomic mass is 9.76. The standard InChI is InChI=1S/C15H18N4O2/c20-13-5-10(6-13)14(7-12-3-1-2-4-16-12)19-15(21)11-8-17-18-9-11/h1-4,8-10,13-14,20H,5-7H2,(H,17,18)(H,19,21). The fraction of sp³-hybridized carbons (Fsp3) is 0.400. The van der Waals surface area contributed by atoms with Crippen molar-refractivity contribution in [2.45, 2.75) is 31.4 Å². The molecule has 1 fully saturated rings. The Bertz CT molecular complexity index is 579. The van der Waals surface area contributed by atoms with Crippen LogP contribution in [0.4, 0.5) is 0 Å². The minimum Gasteiger partial charge on any atom is -0.393 e. The number of hydrogen-bond acceptors (Lipinski definition) is 4. The highest BCUT2D eigenvalue weighted by Crippen LogP contribution is 2.31. The molecule has 2 heterocycles. The summed E-state index contributed by atoms with van der Waals surface area (Å²) in [5.74, 6) is 0.143. The number of H-pyrrole nitrogens is 1. The van der Waals surface area contributed by atoms with Crippen molar-refractivity contribution in [3.63, 3.8) is 0 Å². The second-order valence-electron chi connectivity index (χ2n) is 5.48. The van der Waals surface area contributed by atoms with Crippen molar-refractivity contribution >= 4 is 5.91 Å². The number of aromatic amines is 1. The molecule has 0 spiro atoms. The average Bonchev–Trinajstić information content (AvgIpc) is 2.98. The molecule has 1 aliphatic rings. The second-order valence-corrected chi connectivity index (χ2v) is 5.48. The molecule has 1 unspecified atom stereocenters. The number of aliphatic hydroxyl groups is 1. The topological polar surface area (TPSA) is 90.9 Å². The van der Waals surface area contributed by atoms with Crippen LogP contribution >= 0.6 is 0 Å². The van der Waals surface area contributed by atoms with Crippen molar-refractivity contribution in [3.8, 4) is 0 Å². The van der Waals surface area contributed by atoms with Crippen LogP contribution < -0.4 is 5.32 Å². The Morgan fingerprint density at radius 2 is 2.33 bits per heavy atom. The van der Waals surface area contributed by atoms with E-state index in [1.165, 1.54) is 6.20 Å². The Labute approximate surface area is 122 Å². The highest BCUT2D eigenvalue weighted by Gasteiger charge is 2.35. The van der Waals surface area contributed by atoms with Crippen LogP contribution in [0.5, 0.6) is 0 Å². The molecule has 0 aromatic carbocycles. The molecule has 6 nitrogen and oxygen atoms in total. The molecule has 1 atom stereocenters. The van der Waals surface area contributed by atoms with E-state index in [-0.39, 0.29) is 24.0 Å². The minimum atomic E-state index is -0.243. The maximum Gasteiger partial charge on any atom is 0.254 e. The number of carbonyl (C=O) groups is 1. The van der Waals surface area contributed by atoms with Crippen LogP contribution in [0.3, 0.4) is 0 Å². The van der Waals surface area contributed by atoms with Gasteiger partial charge in [0.05, 0.1) is 17.9 Å². The van der Waals surface area contributed by atoms with E-state index in [9.17, 15) is 9.90 Å². The Morgan fingerprint density at radius 3 is 2.95 bits per heavy atom. The van der Waals surface area contributed by atoms with Gasteiger partial charge < -0.3 is 10.4 Å². The second kappa shape index (κ2) is 6.05. The number of pyridine rings is 1. The van der Waals surface area contributed by atoms with Crippen molar-refractivity contribution in [1.29, 1.82) is 0 Å². The predicted octanol–water partition coefficient (Wildman–Crippen LogP) is 0.917. The first-order valence-electron chi connectivity index (χ1n) is 7.10. The number of nitrogens with zero attached hydrogens (tertiary/aromatic N) is 2. The monoisotopic (exact) mass is 286 g/mol. The van der Waals surface area contributed by atoms with Crippen LogP contribution in [-0.4, -0.2) is 38.3 Å². The maximum absolute atomic E-state index is 12.2. The molecule has 0 aliphatic heterocycles. The van der Waals surface area contributed by atoms with Crippen LogP contribution in [-0.2, 0) is 6.42 Å². The molecule has 1 amide bonds. The first-order chi connectivity index (χ1) is 10.2. The van der Waals surface area contributed by atoms with Crippen LogP contribution in [0.2, 0.25) is 0 Å². The van der Waals surface area contributed by atoms with E-state index in [1.54, 1.807) is 12.4 Å². The van der Waals surface area contributed by atoms with E-state index < -0.39 is 0 Å². The molecule has 1 saturated carbocycles. The lowest BCUT2D eigenvalue weighted by molar-refractivity contribution is 0.0238. The fourth-order valence-electron chi connectivity index (χ4n) is 2.66. The van der Waals surface area contributed by atoms with E-state index >= 15 is 0 Å². The zero-order valence-corrected chi connectivity index (χ0v) is 11.6. The van der Waals surface area contributed by atoms with Gasteiger partial charge in [-0.3, -0.25) is 14.9 Å². The normalized spacial score (nSPS) is 22.3. The number of rotatable bonds is 5. The van der Waals surface area contributed by atoms with Gasteiger partial charge >= 0.3 is 0 Å². The van der Waals surface area contributed by atoms with Gasteiger partial charge in [0.15, 0.2) is 0 Å². The maximum atomic E-state index is 12.2. The number of aliphatic hydroxyl groups excluding tert-OH is 1. The first kappa shape index (κ1) is 13.8. The van der Waals surface area contributed by atoms with Gasteiger partial charge in [-0.2, -0.15) is 5.10 Å². The highest BCUT2D eigenvalue weighted by molar-refractivity contribution is 5.93. The molecule has 0 radical (unpaired) electrons. The molecule has 3 N–H and O–H groups in total. The summed E-state index contributed by atoms with van der Waals surface area (Å²) in [6.07, 6.45) is 6.70. The van der Waals surface area contributed by atoms with Gasteiger partial charge in [-0.1, -0.05) is 6.07 Å². The summed E-state index contributed by atoms with van der Waals surface area (Å²) in [6.45, 7) is 0. The lowest BCUT2D eigenvalue weighted by Crippen LogP contribution is -2.48. The Morgan fingerprint density at radius 1 is 1.48 bits per heavy atom. The summed E-state index contributed by atoms with van der Waals surface area (Å²) in [6, 6.07) is 5.74. The molecule has 1 aliphatic carbocycles. The van der Waals surface area contributed by atoms with Crippen LogP contribution in [0.25, 0.3) is 0 Å². The van der Waals surface area contributed by atoms with Gasteiger partial charge in [-0.25, -0.2) is 0 Å². The van der Waals surface area contributed by atoms with Gasteiger partial charge in [0.1, 0.15) is 0 Å². The smallest absolute Gasteiger partial charge is 0.254 e. The molecule has 2 aromatic rings. The van der Waals surface area contributed by atoms with E-state index in [0.29, 0.717) is 12.0 Å². The van der Waals surface area contributed by atoms with Crippen molar-refractivity contribution < 1.29 is 9.90 Å². The van der Waals surface area contributed by atoms with Gasteiger partial charge in [0.25, 0.3) is 5.91 Å². The van der Waals surface area contributed by atoms with Crippen molar-refractivity contribution in [2.75, 3.05) is 0 Å². The number of carbonyl (C=O) groups excluding carboxylic acids is 1. The van der Waals surface area contributed by atoms with Gasteiger partial charge in [-0.05, 0) is 30.9 Å². The van der Waals surface area contributed by atoms with Gasteiger partial charge in [-0.15, -0.1) is 0 Å². The van der Waals surface area contributed by atoms with Gasteiger partial charge in [0.2, 0.25) is 0 Å². The highest BCUT2D eigenvalue weighted by atomic mass is 16.3. The van der Waals surface area contributed by atoms with Gasteiger partial charge in [0, 0.05) is 30.6 Å².